The molecule has 0 bridgehead atoms. The summed E-state index contributed by atoms with van der Waals surface area (Å²) >= 11 is 3.46. The molecule has 4 heteroatoms. The summed E-state index contributed by atoms with van der Waals surface area (Å²) < 4.78 is 11.7. The van der Waals surface area contributed by atoms with Crippen LogP contribution < -0.4 is 10.5 Å². The van der Waals surface area contributed by atoms with Crippen molar-refractivity contribution in [2.45, 2.75) is 19.9 Å². The Morgan fingerprint density at radius 3 is 2.69 bits per heavy atom. The fraction of sp³-hybridized carbons (Fsp3) is 0.500. The van der Waals surface area contributed by atoms with Crippen molar-refractivity contribution in [2.24, 2.45) is 5.73 Å². The van der Waals surface area contributed by atoms with Crippen LogP contribution in [0, 0.1) is 0 Å². The fourth-order valence-corrected chi connectivity index (χ4v) is 1.78. The maximum atomic E-state index is 5.79. The second kappa shape index (κ2) is 6.89. The molecule has 3 nitrogen and oxygen atoms in total. The minimum Gasteiger partial charge on any atom is -0.490 e. The summed E-state index contributed by atoms with van der Waals surface area (Å²) in [5, 5.41) is 0. The van der Waals surface area contributed by atoms with Gasteiger partial charge in [0.05, 0.1) is 11.1 Å². The van der Waals surface area contributed by atoms with Crippen LogP contribution >= 0.6 is 15.9 Å². The quantitative estimate of drug-likeness (QED) is 0.819. The number of benzene rings is 1. The van der Waals surface area contributed by atoms with Crippen LogP contribution in [0.1, 0.15) is 25.5 Å². The minimum atomic E-state index is 0.0359. The Labute approximate surface area is 105 Å². The zero-order chi connectivity index (χ0) is 12.0. The smallest absolute Gasteiger partial charge is 0.133 e. The lowest BCUT2D eigenvalue weighted by atomic mass is 10.1. The van der Waals surface area contributed by atoms with Gasteiger partial charge in [0.1, 0.15) is 12.4 Å². The molecule has 0 aliphatic rings. The van der Waals surface area contributed by atoms with Crippen molar-refractivity contribution in [3.8, 4) is 5.75 Å². The van der Waals surface area contributed by atoms with E-state index in [2.05, 4.69) is 15.9 Å². The fourth-order valence-electron chi connectivity index (χ4n) is 1.27. The van der Waals surface area contributed by atoms with E-state index in [1.54, 1.807) is 0 Å². The van der Waals surface area contributed by atoms with Crippen LogP contribution in [0.25, 0.3) is 0 Å². The van der Waals surface area contributed by atoms with Crippen LogP contribution in [-0.4, -0.2) is 19.8 Å². The molecule has 1 rings (SSSR count). The van der Waals surface area contributed by atoms with Crippen LogP contribution in [0.5, 0.6) is 5.75 Å². The van der Waals surface area contributed by atoms with Crippen molar-refractivity contribution >= 4 is 15.9 Å². The number of ether oxygens (including phenoxy) is 2. The monoisotopic (exact) mass is 287 g/mol. The standard InChI is InChI=1S/C12H18BrNO2/c1-3-15-6-7-16-12-5-4-10(9(2)14)8-11(12)13/h4-5,8-9H,3,6-7,14H2,1-2H3/t9-/m0/s1. The Morgan fingerprint density at radius 1 is 1.38 bits per heavy atom. The van der Waals surface area contributed by atoms with Crippen molar-refractivity contribution in [3.63, 3.8) is 0 Å². The lowest BCUT2D eigenvalue weighted by Crippen LogP contribution is -2.08. The molecule has 0 aromatic heterocycles. The van der Waals surface area contributed by atoms with Crippen LogP contribution in [0.2, 0.25) is 0 Å². The Kier molecular flexibility index (Phi) is 5.80. The van der Waals surface area contributed by atoms with E-state index in [4.69, 9.17) is 15.2 Å². The van der Waals surface area contributed by atoms with E-state index in [-0.39, 0.29) is 6.04 Å². The van der Waals surface area contributed by atoms with Gasteiger partial charge in [0.25, 0.3) is 0 Å². The minimum absolute atomic E-state index is 0.0359. The van der Waals surface area contributed by atoms with E-state index in [1.807, 2.05) is 32.0 Å². The first-order chi connectivity index (χ1) is 7.65. The highest BCUT2D eigenvalue weighted by Crippen LogP contribution is 2.27. The molecule has 0 saturated heterocycles. The lowest BCUT2D eigenvalue weighted by molar-refractivity contribution is 0.110. The molecule has 90 valence electrons. The van der Waals surface area contributed by atoms with Gasteiger partial charge in [0.15, 0.2) is 0 Å². The van der Waals surface area contributed by atoms with E-state index in [0.29, 0.717) is 19.8 Å². The maximum absolute atomic E-state index is 5.79. The second-order valence-corrected chi connectivity index (χ2v) is 4.38. The van der Waals surface area contributed by atoms with E-state index in [1.165, 1.54) is 0 Å². The SMILES string of the molecule is CCOCCOc1ccc([C@H](C)N)cc1Br. The average molecular weight is 288 g/mol. The molecule has 1 atom stereocenters. The predicted octanol–water partition coefficient (Wildman–Crippen LogP) is 2.88. The maximum Gasteiger partial charge on any atom is 0.133 e. The predicted molar refractivity (Wildman–Crippen MR) is 68.7 cm³/mol. The first-order valence-electron chi connectivity index (χ1n) is 5.40. The molecule has 0 aliphatic heterocycles. The van der Waals surface area contributed by atoms with Gasteiger partial charge >= 0.3 is 0 Å². The summed E-state index contributed by atoms with van der Waals surface area (Å²) in [6.07, 6.45) is 0. The third-order valence-electron chi connectivity index (χ3n) is 2.17. The van der Waals surface area contributed by atoms with Crippen LogP contribution in [0.15, 0.2) is 22.7 Å². The van der Waals surface area contributed by atoms with E-state index in [0.717, 1.165) is 15.8 Å². The van der Waals surface area contributed by atoms with Gasteiger partial charge in [0, 0.05) is 12.6 Å². The van der Waals surface area contributed by atoms with Gasteiger partial charge in [-0.05, 0) is 47.5 Å². The highest BCUT2D eigenvalue weighted by molar-refractivity contribution is 9.10. The van der Waals surface area contributed by atoms with Crippen LogP contribution in [-0.2, 0) is 4.74 Å². The van der Waals surface area contributed by atoms with Crippen molar-refractivity contribution in [1.82, 2.24) is 0 Å². The summed E-state index contributed by atoms with van der Waals surface area (Å²) in [6.45, 7) is 5.81. The molecule has 16 heavy (non-hydrogen) atoms. The number of nitrogens with two attached hydrogens (primary N) is 1. The number of hydrogen-bond acceptors (Lipinski definition) is 3. The zero-order valence-electron chi connectivity index (χ0n) is 9.70. The molecule has 0 amide bonds. The Bertz CT molecular complexity index is 329. The second-order valence-electron chi connectivity index (χ2n) is 3.52. The van der Waals surface area contributed by atoms with Crippen molar-refractivity contribution in [3.05, 3.63) is 28.2 Å². The van der Waals surface area contributed by atoms with Gasteiger partial charge in [-0.1, -0.05) is 6.07 Å². The molecule has 0 saturated carbocycles. The molecule has 0 unspecified atom stereocenters. The normalized spacial score (nSPS) is 12.5. The molecule has 0 aliphatic carbocycles. The molecule has 0 heterocycles. The largest absolute Gasteiger partial charge is 0.490 e. The van der Waals surface area contributed by atoms with Crippen molar-refractivity contribution in [2.75, 3.05) is 19.8 Å². The van der Waals surface area contributed by atoms with Crippen LogP contribution in [0.3, 0.4) is 0 Å². The molecule has 2 N–H and O–H groups in total. The summed E-state index contributed by atoms with van der Waals surface area (Å²) in [4.78, 5) is 0. The number of rotatable bonds is 6. The summed E-state index contributed by atoms with van der Waals surface area (Å²) in [6, 6.07) is 5.93. The first-order valence-corrected chi connectivity index (χ1v) is 6.20. The van der Waals surface area contributed by atoms with E-state index in [9.17, 15) is 0 Å². The third kappa shape index (κ3) is 4.12. The van der Waals surface area contributed by atoms with Gasteiger partial charge in [0.2, 0.25) is 0 Å². The third-order valence-corrected chi connectivity index (χ3v) is 2.79. The zero-order valence-corrected chi connectivity index (χ0v) is 11.3. The van der Waals surface area contributed by atoms with Gasteiger partial charge < -0.3 is 15.2 Å². The molecule has 0 radical (unpaired) electrons. The van der Waals surface area contributed by atoms with Gasteiger partial charge in [-0.2, -0.15) is 0 Å². The Balaban J connectivity index is 2.54. The van der Waals surface area contributed by atoms with Crippen molar-refractivity contribution in [1.29, 1.82) is 0 Å². The Morgan fingerprint density at radius 2 is 2.12 bits per heavy atom. The molecular formula is C12H18BrNO2. The highest BCUT2D eigenvalue weighted by Gasteiger charge is 2.05. The molecule has 0 fully saturated rings. The lowest BCUT2D eigenvalue weighted by Gasteiger charge is -2.11. The number of hydrogen-bond donors (Lipinski definition) is 1. The van der Waals surface area contributed by atoms with Gasteiger partial charge in [-0.15, -0.1) is 0 Å². The molecule has 1 aromatic carbocycles. The summed E-state index contributed by atoms with van der Waals surface area (Å²) in [5.74, 6) is 0.823. The first kappa shape index (κ1) is 13.5. The molecule has 1 aromatic rings. The topological polar surface area (TPSA) is 44.5 Å². The van der Waals surface area contributed by atoms with Gasteiger partial charge in [-0.3, -0.25) is 0 Å². The average Bonchev–Trinajstić information content (AvgIpc) is 2.26. The van der Waals surface area contributed by atoms with Crippen molar-refractivity contribution < 1.29 is 9.47 Å². The van der Waals surface area contributed by atoms with E-state index < -0.39 is 0 Å². The summed E-state index contributed by atoms with van der Waals surface area (Å²) in [7, 11) is 0. The van der Waals surface area contributed by atoms with Gasteiger partial charge in [-0.25, -0.2) is 0 Å². The molecular weight excluding hydrogens is 270 g/mol. The van der Waals surface area contributed by atoms with E-state index >= 15 is 0 Å². The number of halogens is 1. The summed E-state index contributed by atoms with van der Waals surface area (Å²) in [5.41, 5.74) is 6.88. The van der Waals surface area contributed by atoms with Crippen LogP contribution in [0.4, 0.5) is 0 Å². The highest BCUT2D eigenvalue weighted by atomic mass is 79.9. The molecule has 0 spiro atoms. The Hall–Kier alpha value is -0.580.